The highest BCUT2D eigenvalue weighted by molar-refractivity contribution is 5.78. The van der Waals surface area contributed by atoms with E-state index in [0.717, 1.165) is 11.1 Å². The number of carbonyl (C=O) groups is 1. The van der Waals surface area contributed by atoms with E-state index in [1.54, 1.807) is 6.92 Å². The van der Waals surface area contributed by atoms with Gasteiger partial charge in [0.2, 0.25) is 5.91 Å². The Morgan fingerprint density at radius 2 is 1.95 bits per heavy atom. The second-order valence-corrected chi connectivity index (χ2v) is 4.36. The summed E-state index contributed by atoms with van der Waals surface area (Å²) in [5, 5.41) is 4.71. The average Bonchev–Trinajstić information content (AvgIpc) is 2.27. The van der Waals surface area contributed by atoms with Crippen molar-refractivity contribution < 1.29 is 18.0 Å². The molecule has 0 unspecified atom stereocenters. The molecule has 19 heavy (non-hydrogen) atoms. The molecule has 106 valence electrons. The first-order chi connectivity index (χ1) is 8.79. The number of alkyl halides is 3. The summed E-state index contributed by atoms with van der Waals surface area (Å²) in [5.74, 6) is -0.458. The highest BCUT2D eigenvalue weighted by atomic mass is 19.4. The molecule has 1 atom stereocenters. The van der Waals surface area contributed by atoms with Crippen LogP contribution in [0.5, 0.6) is 0 Å². The van der Waals surface area contributed by atoms with Crippen molar-refractivity contribution in [2.24, 2.45) is 0 Å². The Hall–Kier alpha value is -1.56. The zero-order valence-corrected chi connectivity index (χ0v) is 10.8. The molecule has 6 heteroatoms. The Morgan fingerprint density at radius 3 is 2.53 bits per heavy atom. The van der Waals surface area contributed by atoms with Gasteiger partial charge in [0, 0.05) is 0 Å². The molecule has 0 radical (unpaired) electrons. The summed E-state index contributed by atoms with van der Waals surface area (Å²) < 4.78 is 35.7. The molecule has 0 spiro atoms. The highest BCUT2D eigenvalue weighted by Gasteiger charge is 2.26. The number of hydrogen-bond donors (Lipinski definition) is 2. The van der Waals surface area contributed by atoms with E-state index in [-0.39, 0.29) is 12.6 Å². The maximum atomic E-state index is 11.9. The van der Waals surface area contributed by atoms with Crippen LogP contribution < -0.4 is 10.6 Å². The third-order valence-electron chi connectivity index (χ3n) is 2.64. The summed E-state index contributed by atoms with van der Waals surface area (Å²) in [5.41, 5.74) is 1.98. The number of aryl methyl sites for hydroxylation is 1. The fourth-order valence-corrected chi connectivity index (χ4v) is 1.76. The topological polar surface area (TPSA) is 41.1 Å². The van der Waals surface area contributed by atoms with E-state index in [2.05, 4.69) is 10.6 Å². The van der Waals surface area contributed by atoms with Crippen LogP contribution >= 0.6 is 0 Å². The lowest BCUT2D eigenvalue weighted by Crippen LogP contribution is -2.39. The van der Waals surface area contributed by atoms with E-state index in [0.29, 0.717) is 0 Å². The monoisotopic (exact) mass is 274 g/mol. The van der Waals surface area contributed by atoms with Gasteiger partial charge in [0.05, 0.1) is 19.1 Å². The molecule has 0 aliphatic heterocycles. The van der Waals surface area contributed by atoms with Gasteiger partial charge in [-0.1, -0.05) is 24.3 Å². The van der Waals surface area contributed by atoms with Crippen molar-refractivity contribution in [2.45, 2.75) is 26.1 Å². The van der Waals surface area contributed by atoms with Crippen LogP contribution in [0.1, 0.15) is 24.1 Å². The molecule has 0 aromatic heterocycles. The van der Waals surface area contributed by atoms with Gasteiger partial charge in [0.15, 0.2) is 0 Å². The molecule has 2 N–H and O–H groups in total. The third-order valence-corrected chi connectivity index (χ3v) is 2.64. The van der Waals surface area contributed by atoms with E-state index in [1.165, 1.54) is 0 Å². The van der Waals surface area contributed by atoms with Crippen molar-refractivity contribution in [3.63, 3.8) is 0 Å². The summed E-state index contributed by atoms with van der Waals surface area (Å²) in [6, 6.07) is 7.30. The molecule has 0 saturated heterocycles. The van der Waals surface area contributed by atoms with Crippen molar-refractivity contribution in [1.29, 1.82) is 0 Å². The van der Waals surface area contributed by atoms with Gasteiger partial charge in [0.25, 0.3) is 0 Å². The minimum Gasteiger partial charge on any atom is -0.348 e. The summed E-state index contributed by atoms with van der Waals surface area (Å²) in [7, 11) is 0. The van der Waals surface area contributed by atoms with Crippen molar-refractivity contribution in [3.05, 3.63) is 35.4 Å². The number of nitrogens with one attached hydrogen (secondary N) is 2. The molecule has 0 saturated carbocycles. The number of benzene rings is 1. The third kappa shape index (κ3) is 5.74. The molecule has 0 heterocycles. The fraction of sp³-hybridized carbons (Fsp3) is 0.462. The van der Waals surface area contributed by atoms with Gasteiger partial charge >= 0.3 is 6.18 Å². The number of amides is 1. The molecular formula is C13H17F3N2O. The van der Waals surface area contributed by atoms with E-state index in [9.17, 15) is 18.0 Å². The van der Waals surface area contributed by atoms with Gasteiger partial charge in [-0.15, -0.1) is 0 Å². The molecule has 0 aliphatic carbocycles. The predicted octanol–water partition coefficient (Wildman–Crippen LogP) is 2.32. The highest BCUT2D eigenvalue weighted by Crippen LogP contribution is 2.16. The Balaban J connectivity index is 2.43. The number of carbonyl (C=O) groups excluding carboxylic acids is 1. The Morgan fingerprint density at radius 1 is 1.32 bits per heavy atom. The lowest BCUT2D eigenvalue weighted by atomic mass is 10.0. The second kappa shape index (κ2) is 6.56. The van der Waals surface area contributed by atoms with Gasteiger partial charge in [0.1, 0.15) is 0 Å². The van der Waals surface area contributed by atoms with Gasteiger partial charge < -0.3 is 10.6 Å². The largest absolute Gasteiger partial charge is 0.401 e. The molecule has 1 amide bonds. The fourth-order valence-electron chi connectivity index (χ4n) is 1.76. The van der Waals surface area contributed by atoms with Gasteiger partial charge in [-0.3, -0.25) is 4.79 Å². The average molecular weight is 274 g/mol. The van der Waals surface area contributed by atoms with Gasteiger partial charge in [-0.05, 0) is 25.0 Å². The van der Waals surface area contributed by atoms with Crippen LogP contribution in [0.4, 0.5) is 13.2 Å². The first-order valence-electron chi connectivity index (χ1n) is 5.92. The zero-order chi connectivity index (χ0) is 14.5. The van der Waals surface area contributed by atoms with Gasteiger partial charge in [-0.25, -0.2) is 0 Å². The van der Waals surface area contributed by atoms with Gasteiger partial charge in [-0.2, -0.15) is 13.2 Å². The number of halogens is 3. The molecular weight excluding hydrogens is 257 g/mol. The maximum Gasteiger partial charge on any atom is 0.401 e. The van der Waals surface area contributed by atoms with E-state index < -0.39 is 18.6 Å². The van der Waals surface area contributed by atoms with Crippen LogP contribution in [-0.2, 0) is 4.79 Å². The van der Waals surface area contributed by atoms with Crippen LogP contribution in [0.2, 0.25) is 0 Å². The SMILES string of the molecule is Cc1ccccc1[C@@H](C)NC(=O)CNCC(F)(F)F. The zero-order valence-electron chi connectivity index (χ0n) is 10.8. The quantitative estimate of drug-likeness (QED) is 0.865. The van der Waals surface area contributed by atoms with E-state index in [1.807, 2.05) is 31.2 Å². The smallest absolute Gasteiger partial charge is 0.348 e. The Kier molecular flexibility index (Phi) is 5.35. The molecule has 1 rings (SSSR count). The molecule has 1 aromatic carbocycles. The minimum absolute atomic E-state index is 0.235. The minimum atomic E-state index is -4.30. The molecule has 3 nitrogen and oxygen atoms in total. The Labute approximate surface area is 110 Å². The van der Waals surface area contributed by atoms with Crippen LogP contribution in [0.25, 0.3) is 0 Å². The predicted molar refractivity (Wildman–Crippen MR) is 66.7 cm³/mol. The van der Waals surface area contributed by atoms with E-state index >= 15 is 0 Å². The lowest BCUT2D eigenvalue weighted by molar-refractivity contribution is -0.128. The molecule has 0 bridgehead atoms. The van der Waals surface area contributed by atoms with Crippen molar-refractivity contribution in [3.8, 4) is 0 Å². The first kappa shape index (κ1) is 15.5. The first-order valence-corrected chi connectivity index (χ1v) is 5.92. The maximum absolute atomic E-state index is 11.9. The number of rotatable bonds is 5. The Bertz CT molecular complexity index is 432. The van der Waals surface area contributed by atoms with Crippen LogP contribution in [0.15, 0.2) is 24.3 Å². The van der Waals surface area contributed by atoms with Crippen LogP contribution in [-0.4, -0.2) is 25.2 Å². The molecule has 0 aliphatic rings. The molecule has 0 fully saturated rings. The second-order valence-electron chi connectivity index (χ2n) is 4.36. The van der Waals surface area contributed by atoms with Crippen molar-refractivity contribution >= 4 is 5.91 Å². The van der Waals surface area contributed by atoms with Crippen LogP contribution in [0.3, 0.4) is 0 Å². The molecule has 1 aromatic rings. The summed E-state index contributed by atoms with van der Waals surface area (Å²) >= 11 is 0. The summed E-state index contributed by atoms with van der Waals surface area (Å²) in [4.78, 5) is 11.5. The van der Waals surface area contributed by atoms with Crippen LogP contribution in [0, 0.1) is 6.92 Å². The summed E-state index contributed by atoms with van der Waals surface area (Å²) in [6.07, 6.45) is -4.30. The summed E-state index contributed by atoms with van der Waals surface area (Å²) in [6.45, 7) is 2.19. The van der Waals surface area contributed by atoms with Crippen molar-refractivity contribution in [2.75, 3.05) is 13.1 Å². The van der Waals surface area contributed by atoms with E-state index in [4.69, 9.17) is 0 Å². The standard InChI is InChI=1S/C13H17F3N2O/c1-9-5-3-4-6-11(9)10(2)18-12(19)7-17-8-13(14,15)16/h3-6,10,17H,7-8H2,1-2H3,(H,18,19)/t10-/m1/s1. The van der Waals surface area contributed by atoms with Crippen molar-refractivity contribution in [1.82, 2.24) is 10.6 Å². The normalized spacial score (nSPS) is 13.1. The lowest BCUT2D eigenvalue weighted by Gasteiger charge is -2.17. The number of hydrogen-bond acceptors (Lipinski definition) is 2.